The largest absolute Gasteiger partial charge is 0.381 e. The molecule has 0 unspecified atom stereocenters. The van der Waals surface area contributed by atoms with Gasteiger partial charge in [0.1, 0.15) is 0 Å². The second-order valence-electron chi connectivity index (χ2n) is 7.89. The number of benzene rings is 2. The second kappa shape index (κ2) is 7.76. The second-order valence-corrected chi connectivity index (χ2v) is 8.80. The van der Waals surface area contributed by atoms with Gasteiger partial charge in [-0.2, -0.15) is 0 Å². The number of nitrogens with one attached hydrogen (secondary N) is 1. The molecule has 0 spiro atoms. The average Bonchev–Trinajstić information content (AvgIpc) is 2.67. The van der Waals surface area contributed by atoms with Crippen molar-refractivity contribution in [3.63, 3.8) is 0 Å². The van der Waals surface area contributed by atoms with Crippen molar-refractivity contribution < 1.29 is 9.53 Å². The van der Waals surface area contributed by atoms with Gasteiger partial charge in [-0.1, -0.05) is 64.8 Å². The standard InChI is InChI=1S/C23H26BrNO2/c24-20-9-4-8-19(16-20)22(12-14-27-15-13-22)17-25-21(26)23(10-5-11-23)18-6-2-1-3-7-18/h1-4,6-9,16H,5,10-15,17H2,(H,25,26). The first kappa shape index (κ1) is 18.7. The third kappa shape index (κ3) is 3.57. The molecule has 1 aliphatic heterocycles. The number of carbonyl (C=O) groups excluding carboxylic acids is 1. The Bertz CT molecular complexity index is 795. The van der Waals surface area contributed by atoms with E-state index >= 15 is 0 Å². The van der Waals surface area contributed by atoms with E-state index in [0.29, 0.717) is 6.54 Å². The fraction of sp³-hybridized carbons (Fsp3) is 0.435. The zero-order valence-electron chi connectivity index (χ0n) is 15.5. The molecule has 1 saturated heterocycles. The van der Waals surface area contributed by atoms with Crippen LogP contribution in [0.5, 0.6) is 0 Å². The molecule has 1 heterocycles. The van der Waals surface area contributed by atoms with Gasteiger partial charge < -0.3 is 10.1 Å². The molecular formula is C23H26BrNO2. The van der Waals surface area contributed by atoms with Gasteiger partial charge in [0.05, 0.1) is 5.41 Å². The van der Waals surface area contributed by atoms with Crippen molar-refractivity contribution in [3.8, 4) is 0 Å². The third-order valence-electron chi connectivity index (χ3n) is 6.44. The van der Waals surface area contributed by atoms with Crippen molar-refractivity contribution in [2.75, 3.05) is 19.8 Å². The van der Waals surface area contributed by atoms with Gasteiger partial charge in [0.15, 0.2) is 0 Å². The van der Waals surface area contributed by atoms with Crippen LogP contribution in [0.2, 0.25) is 0 Å². The monoisotopic (exact) mass is 427 g/mol. The molecule has 0 radical (unpaired) electrons. The van der Waals surface area contributed by atoms with Crippen molar-refractivity contribution in [3.05, 3.63) is 70.2 Å². The summed E-state index contributed by atoms with van der Waals surface area (Å²) in [5.41, 5.74) is 2.03. The summed E-state index contributed by atoms with van der Waals surface area (Å²) in [7, 11) is 0. The Morgan fingerprint density at radius 3 is 2.30 bits per heavy atom. The summed E-state index contributed by atoms with van der Waals surface area (Å²) < 4.78 is 6.71. The van der Waals surface area contributed by atoms with Crippen LogP contribution < -0.4 is 5.32 Å². The predicted octanol–water partition coefficient (Wildman–Crippen LogP) is 4.74. The molecule has 4 rings (SSSR count). The van der Waals surface area contributed by atoms with Gasteiger partial charge in [-0.3, -0.25) is 4.79 Å². The molecule has 2 aliphatic rings. The summed E-state index contributed by atoms with van der Waals surface area (Å²) in [6, 6.07) is 18.8. The number of carbonyl (C=O) groups is 1. The Balaban J connectivity index is 1.55. The summed E-state index contributed by atoms with van der Waals surface area (Å²) in [4.78, 5) is 13.3. The van der Waals surface area contributed by atoms with E-state index in [-0.39, 0.29) is 16.7 Å². The first-order valence-corrected chi connectivity index (χ1v) is 10.6. The normalized spacial score (nSPS) is 20.5. The Kier molecular flexibility index (Phi) is 5.38. The van der Waals surface area contributed by atoms with Gasteiger partial charge in [0.2, 0.25) is 5.91 Å². The number of rotatable bonds is 5. The fourth-order valence-electron chi connectivity index (χ4n) is 4.50. The predicted molar refractivity (Wildman–Crippen MR) is 111 cm³/mol. The van der Waals surface area contributed by atoms with Crippen LogP contribution in [0.25, 0.3) is 0 Å². The zero-order valence-corrected chi connectivity index (χ0v) is 17.1. The quantitative estimate of drug-likeness (QED) is 0.748. The van der Waals surface area contributed by atoms with Gasteiger partial charge in [-0.25, -0.2) is 0 Å². The molecule has 142 valence electrons. The summed E-state index contributed by atoms with van der Waals surface area (Å²) in [6.07, 6.45) is 4.86. The van der Waals surface area contributed by atoms with E-state index in [1.807, 2.05) is 24.3 Å². The molecule has 3 nitrogen and oxygen atoms in total. The smallest absolute Gasteiger partial charge is 0.230 e. The van der Waals surface area contributed by atoms with E-state index in [4.69, 9.17) is 4.74 Å². The van der Waals surface area contributed by atoms with Crippen LogP contribution in [-0.2, 0) is 20.4 Å². The highest BCUT2D eigenvalue weighted by Gasteiger charge is 2.46. The van der Waals surface area contributed by atoms with Crippen LogP contribution in [0.15, 0.2) is 59.1 Å². The van der Waals surface area contributed by atoms with Crippen molar-refractivity contribution >= 4 is 21.8 Å². The van der Waals surface area contributed by atoms with Crippen LogP contribution >= 0.6 is 15.9 Å². The molecule has 1 saturated carbocycles. The molecule has 0 bridgehead atoms. The van der Waals surface area contributed by atoms with Crippen LogP contribution in [0.3, 0.4) is 0 Å². The lowest BCUT2D eigenvalue weighted by Gasteiger charge is -2.43. The number of hydrogen-bond acceptors (Lipinski definition) is 2. The lowest BCUT2D eigenvalue weighted by atomic mass is 9.63. The van der Waals surface area contributed by atoms with E-state index in [0.717, 1.165) is 55.4 Å². The minimum atomic E-state index is -0.342. The maximum absolute atomic E-state index is 13.3. The van der Waals surface area contributed by atoms with Crippen LogP contribution in [0.1, 0.15) is 43.2 Å². The number of hydrogen-bond donors (Lipinski definition) is 1. The van der Waals surface area contributed by atoms with E-state index in [9.17, 15) is 4.79 Å². The summed E-state index contributed by atoms with van der Waals surface area (Å²) >= 11 is 3.60. The highest BCUT2D eigenvalue weighted by molar-refractivity contribution is 9.10. The first-order valence-electron chi connectivity index (χ1n) is 9.82. The molecule has 2 aromatic carbocycles. The van der Waals surface area contributed by atoms with E-state index in [1.165, 1.54) is 5.56 Å². The Labute approximate surface area is 169 Å². The Morgan fingerprint density at radius 2 is 1.67 bits per heavy atom. The minimum Gasteiger partial charge on any atom is -0.381 e. The molecule has 1 amide bonds. The van der Waals surface area contributed by atoms with E-state index in [2.05, 4.69) is 51.6 Å². The summed E-state index contributed by atoms with van der Waals surface area (Å²) in [5, 5.41) is 3.34. The van der Waals surface area contributed by atoms with Gasteiger partial charge >= 0.3 is 0 Å². The number of amides is 1. The van der Waals surface area contributed by atoms with E-state index in [1.54, 1.807) is 0 Å². The van der Waals surface area contributed by atoms with Crippen LogP contribution in [0, 0.1) is 0 Å². The SMILES string of the molecule is O=C(NCC1(c2cccc(Br)c2)CCOCC1)C1(c2ccccc2)CCC1. The highest BCUT2D eigenvalue weighted by Crippen LogP contribution is 2.44. The van der Waals surface area contributed by atoms with Crippen molar-refractivity contribution in [1.29, 1.82) is 0 Å². The van der Waals surface area contributed by atoms with Crippen molar-refractivity contribution in [1.82, 2.24) is 5.32 Å². The Morgan fingerprint density at radius 1 is 0.963 bits per heavy atom. The first-order chi connectivity index (χ1) is 13.1. The minimum absolute atomic E-state index is 0.0562. The highest BCUT2D eigenvalue weighted by atomic mass is 79.9. The van der Waals surface area contributed by atoms with Crippen molar-refractivity contribution in [2.24, 2.45) is 0 Å². The maximum Gasteiger partial charge on any atom is 0.230 e. The average molecular weight is 428 g/mol. The molecule has 4 heteroatoms. The summed E-state index contributed by atoms with van der Waals surface area (Å²) in [5.74, 6) is 0.181. The molecule has 1 aliphatic carbocycles. The van der Waals surface area contributed by atoms with Gasteiger partial charge in [0.25, 0.3) is 0 Å². The number of ether oxygens (including phenoxy) is 1. The van der Waals surface area contributed by atoms with Crippen LogP contribution in [-0.4, -0.2) is 25.7 Å². The lowest BCUT2D eigenvalue weighted by Crippen LogP contribution is -2.53. The molecular weight excluding hydrogens is 402 g/mol. The van der Waals surface area contributed by atoms with Gasteiger partial charge in [-0.05, 0) is 48.9 Å². The molecule has 0 atom stereocenters. The zero-order chi connectivity index (χ0) is 18.7. The molecule has 2 aromatic rings. The maximum atomic E-state index is 13.3. The van der Waals surface area contributed by atoms with Crippen LogP contribution in [0.4, 0.5) is 0 Å². The fourth-order valence-corrected chi connectivity index (χ4v) is 4.90. The van der Waals surface area contributed by atoms with Gasteiger partial charge in [-0.15, -0.1) is 0 Å². The number of halogens is 1. The third-order valence-corrected chi connectivity index (χ3v) is 6.94. The summed E-state index contributed by atoms with van der Waals surface area (Å²) in [6.45, 7) is 2.15. The van der Waals surface area contributed by atoms with Crippen molar-refractivity contribution in [2.45, 2.75) is 42.9 Å². The lowest BCUT2D eigenvalue weighted by molar-refractivity contribution is -0.130. The topological polar surface area (TPSA) is 38.3 Å². The Hall–Kier alpha value is -1.65. The van der Waals surface area contributed by atoms with Gasteiger partial charge in [0, 0.05) is 29.6 Å². The molecule has 2 fully saturated rings. The molecule has 0 aromatic heterocycles. The van der Waals surface area contributed by atoms with E-state index < -0.39 is 0 Å². The molecule has 27 heavy (non-hydrogen) atoms. The molecule has 1 N–H and O–H groups in total.